The predicted molar refractivity (Wildman–Crippen MR) is 157 cm³/mol. The van der Waals surface area contributed by atoms with Crippen molar-refractivity contribution in [3.63, 3.8) is 0 Å². The maximum atomic E-state index is 14.7. The summed E-state index contributed by atoms with van der Waals surface area (Å²) in [6.45, 7) is 5.03. The van der Waals surface area contributed by atoms with Crippen LogP contribution in [0.15, 0.2) is 72.8 Å². The fourth-order valence-corrected chi connectivity index (χ4v) is 5.42. The third-order valence-corrected chi connectivity index (χ3v) is 7.61. The quantitative estimate of drug-likeness (QED) is 0.308. The van der Waals surface area contributed by atoms with Crippen molar-refractivity contribution in [2.75, 3.05) is 17.1 Å². The number of amides is 2. The molecule has 42 heavy (non-hydrogen) atoms. The van der Waals surface area contributed by atoms with Gasteiger partial charge in [0.2, 0.25) is 21.8 Å². The molecule has 7 nitrogen and oxygen atoms in total. The zero-order chi connectivity index (χ0) is 31.1. The lowest BCUT2D eigenvalue weighted by Crippen LogP contribution is -2.54. The third kappa shape index (κ3) is 9.34. The topological polar surface area (TPSA) is 86.8 Å². The van der Waals surface area contributed by atoms with E-state index in [-0.39, 0.29) is 43.6 Å². The Morgan fingerprint density at radius 1 is 0.881 bits per heavy atom. The van der Waals surface area contributed by atoms with E-state index < -0.39 is 50.9 Å². The summed E-state index contributed by atoms with van der Waals surface area (Å²) >= 11 is 0. The van der Waals surface area contributed by atoms with Crippen molar-refractivity contribution in [1.29, 1.82) is 0 Å². The summed E-state index contributed by atoms with van der Waals surface area (Å²) < 4.78 is 67.9. The number of carbonyl (C=O) groups is 2. The Morgan fingerprint density at radius 2 is 1.52 bits per heavy atom. The van der Waals surface area contributed by atoms with Gasteiger partial charge in [-0.25, -0.2) is 21.6 Å². The average molecular weight is 604 g/mol. The third-order valence-electron chi connectivity index (χ3n) is 6.41. The molecular weight excluding hydrogens is 567 g/mol. The van der Waals surface area contributed by atoms with Crippen molar-refractivity contribution >= 4 is 27.5 Å². The first-order chi connectivity index (χ1) is 19.7. The van der Waals surface area contributed by atoms with E-state index in [0.717, 1.165) is 34.3 Å². The maximum absolute atomic E-state index is 14.7. The van der Waals surface area contributed by atoms with Crippen LogP contribution < -0.4 is 9.62 Å². The second-order valence-corrected chi connectivity index (χ2v) is 13.0. The molecule has 3 aromatic rings. The first kappa shape index (κ1) is 32.7. The van der Waals surface area contributed by atoms with Crippen LogP contribution in [0.25, 0.3) is 0 Å². The van der Waals surface area contributed by atoms with Crippen LogP contribution in [-0.2, 0) is 32.6 Å². The van der Waals surface area contributed by atoms with E-state index >= 15 is 0 Å². The molecule has 0 saturated heterocycles. The summed E-state index contributed by atoms with van der Waals surface area (Å²) in [6, 6.07) is 16.8. The minimum Gasteiger partial charge on any atom is -0.350 e. The van der Waals surface area contributed by atoms with Gasteiger partial charge in [0.05, 0.1) is 11.9 Å². The molecular formula is C31H36F3N3O4S. The van der Waals surface area contributed by atoms with E-state index in [4.69, 9.17) is 0 Å². The fraction of sp³-hybridized carbons (Fsp3) is 0.355. The summed E-state index contributed by atoms with van der Waals surface area (Å²) in [6.07, 6.45) is 0.885. The molecule has 2 amide bonds. The van der Waals surface area contributed by atoms with Gasteiger partial charge in [0.1, 0.15) is 11.9 Å². The molecule has 3 rings (SSSR count). The van der Waals surface area contributed by atoms with Crippen molar-refractivity contribution in [1.82, 2.24) is 10.2 Å². The molecule has 0 aromatic heterocycles. The Morgan fingerprint density at radius 3 is 2.12 bits per heavy atom. The largest absolute Gasteiger partial charge is 0.350 e. The Labute approximate surface area is 245 Å². The Balaban J connectivity index is 1.92. The number of hydrogen-bond donors (Lipinski definition) is 1. The zero-order valence-corrected chi connectivity index (χ0v) is 24.9. The van der Waals surface area contributed by atoms with Gasteiger partial charge in [0.25, 0.3) is 0 Å². The van der Waals surface area contributed by atoms with Gasteiger partial charge < -0.3 is 10.2 Å². The number of nitrogens with one attached hydrogen (secondary N) is 1. The average Bonchev–Trinajstić information content (AvgIpc) is 2.90. The van der Waals surface area contributed by atoms with Crippen LogP contribution in [0.5, 0.6) is 0 Å². The minimum atomic E-state index is -3.91. The van der Waals surface area contributed by atoms with E-state index in [9.17, 15) is 31.2 Å². The van der Waals surface area contributed by atoms with Crippen molar-refractivity contribution in [3.8, 4) is 0 Å². The van der Waals surface area contributed by atoms with Crippen LogP contribution in [-0.4, -0.2) is 49.5 Å². The number of nitrogens with zero attached hydrogens (tertiary/aromatic N) is 2. The van der Waals surface area contributed by atoms with Crippen LogP contribution in [0, 0.1) is 17.5 Å². The molecule has 0 aliphatic carbocycles. The molecule has 0 fully saturated rings. The van der Waals surface area contributed by atoms with Crippen LogP contribution >= 0.6 is 0 Å². The highest BCUT2D eigenvalue weighted by Gasteiger charge is 2.32. The summed E-state index contributed by atoms with van der Waals surface area (Å²) in [4.78, 5) is 28.7. The molecule has 1 atom stereocenters. The van der Waals surface area contributed by atoms with Gasteiger partial charge in [0.15, 0.2) is 11.6 Å². The Hall–Kier alpha value is -3.86. The molecule has 11 heteroatoms. The number of benzene rings is 3. The van der Waals surface area contributed by atoms with Crippen LogP contribution in [0.1, 0.15) is 44.7 Å². The lowest BCUT2D eigenvalue weighted by molar-refractivity contribution is -0.142. The minimum absolute atomic E-state index is 0.00236. The first-order valence-electron chi connectivity index (χ1n) is 13.5. The highest BCUT2D eigenvalue weighted by atomic mass is 32.2. The molecule has 0 aliphatic rings. The van der Waals surface area contributed by atoms with E-state index in [0.29, 0.717) is 0 Å². The molecule has 3 aromatic carbocycles. The second-order valence-electron chi connectivity index (χ2n) is 11.1. The molecule has 226 valence electrons. The summed E-state index contributed by atoms with van der Waals surface area (Å²) in [7, 11) is -3.91. The monoisotopic (exact) mass is 603 g/mol. The van der Waals surface area contributed by atoms with Gasteiger partial charge in [0, 0.05) is 43.1 Å². The van der Waals surface area contributed by atoms with Crippen LogP contribution in [0.4, 0.5) is 18.9 Å². The normalized spacial score (nSPS) is 12.5. The van der Waals surface area contributed by atoms with Crippen molar-refractivity contribution in [3.05, 3.63) is 101 Å². The van der Waals surface area contributed by atoms with E-state index in [1.165, 1.54) is 23.1 Å². The van der Waals surface area contributed by atoms with Crippen molar-refractivity contribution in [2.45, 2.75) is 58.2 Å². The Bertz CT molecular complexity index is 1490. The van der Waals surface area contributed by atoms with Crippen LogP contribution in [0.3, 0.4) is 0 Å². The predicted octanol–water partition coefficient (Wildman–Crippen LogP) is 5.20. The molecule has 0 saturated carbocycles. The zero-order valence-electron chi connectivity index (χ0n) is 24.1. The first-order valence-corrected chi connectivity index (χ1v) is 15.3. The number of carbonyl (C=O) groups excluding carboxylic acids is 2. The summed E-state index contributed by atoms with van der Waals surface area (Å²) in [5, 5.41) is 2.92. The maximum Gasteiger partial charge on any atom is 0.243 e. The second kappa shape index (κ2) is 13.9. The smallest absolute Gasteiger partial charge is 0.243 e. The molecule has 1 N–H and O–H groups in total. The standard InChI is InChI=1S/C31H36F3N3O4S/c1-31(2,3)35-30(39)28(19-22-11-6-5-7-12-22)36(21-23-13-8-9-14-25(23)32)29(38)15-10-18-37(42(4,40)41)24-16-17-26(33)27(34)20-24/h5-9,11-14,16-17,20,28H,10,15,18-19,21H2,1-4H3,(H,35,39)/t28-/m0/s1. The van der Waals surface area contributed by atoms with Crippen molar-refractivity contribution < 1.29 is 31.2 Å². The molecule has 0 heterocycles. The van der Waals surface area contributed by atoms with Gasteiger partial charge in [-0.15, -0.1) is 0 Å². The van der Waals surface area contributed by atoms with E-state index in [2.05, 4.69) is 5.32 Å². The fourth-order valence-electron chi connectivity index (χ4n) is 4.46. The van der Waals surface area contributed by atoms with Gasteiger partial charge in [-0.2, -0.15) is 0 Å². The van der Waals surface area contributed by atoms with Gasteiger partial charge in [-0.1, -0.05) is 48.5 Å². The SMILES string of the molecule is CC(C)(C)NC(=O)[C@H](Cc1ccccc1)N(Cc1ccccc1F)C(=O)CCCN(c1ccc(F)c(F)c1)S(C)(=O)=O. The number of anilines is 1. The molecule has 0 unspecified atom stereocenters. The number of hydrogen-bond acceptors (Lipinski definition) is 4. The van der Waals surface area contributed by atoms with E-state index in [1.807, 2.05) is 51.1 Å². The molecule has 0 bridgehead atoms. The summed E-state index contributed by atoms with van der Waals surface area (Å²) in [5.74, 6) is -3.78. The van der Waals surface area contributed by atoms with Gasteiger partial charge in [-0.3, -0.25) is 13.9 Å². The number of rotatable bonds is 12. The number of halogens is 3. The van der Waals surface area contributed by atoms with Gasteiger partial charge >= 0.3 is 0 Å². The number of sulfonamides is 1. The lowest BCUT2D eigenvalue weighted by Gasteiger charge is -2.34. The van der Waals surface area contributed by atoms with Gasteiger partial charge in [-0.05, 0) is 51.0 Å². The molecule has 0 aliphatic heterocycles. The highest BCUT2D eigenvalue weighted by molar-refractivity contribution is 7.92. The van der Waals surface area contributed by atoms with Crippen molar-refractivity contribution in [2.24, 2.45) is 0 Å². The molecule has 0 spiro atoms. The highest BCUT2D eigenvalue weighted by Crippen LogP contribution is 2.23. The molecule has 0 radical (unpaired) electrons. The van der Waals surface area contributed by atoms with Crippen LogP contribution in [0.2, 0.25) is 0 Å². The summed E-state index contributed by atoms with van der Waals surface area (Å²) in [5.41, 5.74) is 0.309. The van der Waals surface area contributed by atoms with E-state index in [1.54, 1.807) is 6.07 Å². The lowest BCUT2D eigenvalue weighted by atomic mass is 10.00. The Kier molecular flexibility index (Phi) is 10.8.